The summed E-state index contributed by atoms with van der Waals surface area (Å²) in [7, 11) is 9.78. The number of rotatable bonds is 6. The third kappa shape index (κ3) is 7.57. The molecule has 0 spiro atoms. The van der Waals surface area contributed by atoms with E-state index in [1.54, 1.807) is 0 Å². The van der Waals surface area contributed by atoms with Crippen LogP contribution in [0.4, 0.5) is 28.4 Å². The van der Waals surface area contributed by atoms with Gasteiger partial charge in [0.25, 0.3) is 0 Å². The van der Waals surface area contributed by atoms with Crippen molar-refractivity contribution < 1.29 is 17.0 Å². The van der Waals surface area contributed by atoms with Gasteiger partial charge in [0, 0.05) is 6.21 Å². The normalized spacial score (nSPS) is 10.1. The topological polar surface area (TPSA) is 40.6 Å². The second-order valence-corrected chi connectivity index (χ2v) is 8.85. The summed E-state index contributed by atoms with van der Waals surface area (Å²) in [6.45, 7) is 0. The number of para-hydroxylation sites is 5. The molecule has 0 saturated carbocycles. The number of aliphatic imine (C=N–C) groups is 1. The van der Waals surface area contributed by atoms with Gasteiger partial charge in [-0.2, -0.15) is 11.4 Å². The van der Waals surface area contributed by atoms with E-state index in [0.717, 1.165) is 34.0 Å². The number of benzene rings is 4. The number of hydrogen-bond acceptors (Lipinski definition) is 1. The quantitative estimate of drug-likeness (QED) is 0.195. The molecule has 154 valence electrons. The Morgan fingerprint density at radius 2 is 1.06 bits per heavy atom. The van der Waals surface area contributed by atoms with Crippen molar-refractivity contribution in [1.82, 2.24) is 0 Å². The van der Waals surface area contributed by atoms with Crippen molar-refractivity contribution in [3.8, 4) is 0 Å². The first-order valence-electron chi connectivity index (χ1n) is 9.52. The van der Waals surface area contributed by atoms with E-state index in [0.29, 0.717) is 0 Å². The van der Waals surface area contributed by atoms with E-state index in [-0.39, 0.29) is 0 Å². The van der Waals surface area contributed by atoms with Crippen LogP contribution in [0.5, 0.6) is 0 Å². The summed E-state index contributed by atoms with van der Waals surface area (Å²) in [5, 5.41) is 9.60. The molecule has 0 saturated heterocycles. The Morgan fingerprint density at radius 1 is 0.581 bits per heavy atom. The van der Waals surface area contributed by atoms with Gasteiger partial charge in [-0.25, -0.2) is 0 Å². The average molecular weight is 480 g/mol. The zero-order valence-corrected chi connectivity index (χ0v) is 19.6. The fourth-order valence-corrected chi connectivity index (χ4v) is 2.78. The molecule has 0 aliphatic rings. The average Bonchev–Trinajstić information content (AvgIpc) is 2.82. The molecule has 4 rings (SSSR count). The van der Waals surface area contributed by atoms with Crippen molar-refractivity contribution in [2.24, 2.45) is 4.99 Å². The van der Waals surface area contributed by atoms with Crippen LogP contribution in [-0.4, -0.2) is 6.21 Å². The molecule has 0 unspecified atom stereocenters. The van der Waals surface area contributed by atoms with Crippen molar-refractivity contribution in [1.29, 1.82) is 0 Å². The molecule has 31 heavy (non-hydrogen) atoms. The van der Waals surface area contributed by atoms with Crippen LogP contribution in [0.25, 0.3) is 10.6 Å². The molecular weight excluding hydrogens is 461 g/mol. The molecule has 4 aromatic rings. The van der Waals surface area contributed by atoms with Crippen LogP contribution in [0.15, 0.2) is 114 Å². The Balaban J connectivity index is 0.000000858. The van der Waals surface area contributed by atoms with Crippen LogP contribution in [0, 0.1) is 0 Å². The predicted octanol–water partition coefficient (Wildman–Crippen LogP) is 9.49. The Kier molecular flexibility index (Phi) is 9.68. The molecule has 0 N–H and O–H groups in total. The Morgan fingerprint density at radius 3 is 1.71 bits per heavy atom. The monoisotopic (exact) mass is 479 g/mol. The van der Waals surface area contributed by atoms with Crippen LogP contribution < -0.4 is 0 Å². The van der Waals surface area contributed by atoms with Crippen molar-refractivity contribution in [2.45, 2.75) is 0 Å². The standard InChI is InChI=1S/C25H19N3.2ClH.Ti/c1-3-12-21(13-4-1)26-19-20-11-7-8-16-23(20)28-25-18-10-9-17-24(25)27-22-14-5-2-6-15-22;;;/h1-19H;2*1H;/q-2;;;+2/p-2. The summed E-state index contributed by atoms with van der Waals surface area (Å²) in [6.07, 6.45) is 1.85. The van der Waals surface area contributed by atoms with Crippen LogP contribution in [0.2, 0.25) is 0 Å². The Hall–Kier alpha value is -2.56. The molecule has 0 radical (unpaired) electrons. The molecular formula is C25H19Cl2N3Ti-2. The third-order valence-corrected chi connectivity index (χ3v) is 4.17. The summed E-state index contributed by atoms with van der Waals surface area (Å²) in [5.41, 5.74) is 5.30. The molecule has 6 heteroatoms. The van der Waals surface area contributed by atoms with E-state index in [2.05, 4.69) is 4.99 Å². The molecule has 3 nitrogen and oxygen atoms in total. The molecule has 0 heterocycles. The molecule has 0 amide bonds. The molecule has 4 aromatic carbocycles. The first-order chi connectivity index (χ1) is 15.3. The molecule has 0 atom stereocenters. The maximum atomic E-state index is 4.89. The summed E-state index contributed by atoms with van der Waals surface area (Å²) in [4.78, 5) is 4.56. The summed E-state index contributed by atoms with van der Waals surface area (Å²) >= 11 is -0.556. The molecule has 0 fully saturated rings. The second kappa shape index (κ2) is 13.0. The van der Waals surface area contributed by atoms with Crippen molar-refractivity contribution in [3.63, 3.8) is 0 Å². The van der Waals surface area contributed by atoms with Gasteiger partial charge in [-0.05, 0) is 17.7 Å². The minimum absolute atomic E-state index is 0.556. The van der Waals surface area contributed by atoms with Gasteiger partial charge in [0.05, 0.1) is 5.69 Å². The maximum absolute atomic E-state index is 4.89. The fourth-order valence-electron chi connectivity index (χ4n) is 2.78. The number of hydrogen-bond donors (Lipinski definition) is 0. The van der Waals surface area contributed by atoms with Crippen molar-refractivity contribution in [2.75, 3.05) is 0 Å². The van der Waals surface area contributed by atoms with E-state index in [4.69, 9.17) is 29.2 Å². The van der Waals surface area contributed by atoms with Crippen LogP contribution in [-0.2, 0) is 17.0 Å². The second-order valence-electron chi connectivity index (χ2n) is 6.27. The van der Waals surface area contributed by atoms with Gasteiger partial charge in [-0.3, -0.25) is 4.99 Å². The van der Waals surface area contributed by atoms with E-state index < -0.39 is 17.0 Å². The predicted molar refractivity (Wildman–Crippen MR) is 130 cm³/mol. The fraction of sp³-hybridized carbons (Fsp3) is 0. The minimum atomic E-state index is -0.556. The first-order valence-corrected chi connectivity index (χ1v) is 13.8. The Bertz CT molecular complexity index is 1090. The molecule has 0 aliphatic heterocycles. The van der Waals surface area contributed by atoms with Gasteiger partial charge in [0.2, 0.25) is 0 Å². The first kappa shape index (κ1) is 23.1. The molecule has 0 aromatic heterocycles. The van der Waals surface area contributed by atoms with Gasteiger partial charge in [-0.1, -0.05) is 97.1 Å². The van der Waals surface area contributed by atoms with E-state index in [1.165, 1.54) is 0 Å². The third-order valence-electron chi connectivity index (χ3n) is 4.17. The van der Waals surface area contributed by atoms with E-state index >= 15 is 0 Å². The van der Waals surface area contributed by atoms with Gasteiger partial charge in [0.1, 0.15) is 0 Å². The number of nitrogens with zero attached hydrogens (tertiary/aromatic N) is 3. The number of halogens is 2. The summed E-state index contributed by atoms with van der Waals surface area (Å²) < 4.78 is 0. The van der Waals surface area contributed by atoms with Crippen LogP contribution in [0.1, 0.15) is 5.56 Å². The van der Waals surface area contributed by atoms with E-state index in [9.17, 15) is 0 Å². The zero-order valence-electron chi connectivity index (χ0n) is 16.6. The Labute approximate surface area is 199 Å². The van der Waals surface area contributed by atoms with Crippen molar-refractivity contribution >= 4 is 53.3 Å². The van der Waals surface area contributed by atoms with Gasteiger partial charge < -0.3 is 10.6 Å². The van der Waals surface area contributed by atoms with Gasteiger partial charge in [-0.15, -0.1) is 11.4 Å². The molecule has 0 aliphatic carbocycles. The summed E-state index contributed by atoms with van der Waals surface area (Å²) in [6, 6.07) is 35.7. The molecule has 0 bridgehead atoms. The van der Waals surface area contributed by atoms with Gasteiger partial charge in [0.15, 0.2) is 0 Å². The van der Waals surface area contributed by atoms with Crippen molar-refractivity contribution in [3.05, 3.63) is 125 Å². The van der Waals surface area contributed by atoms with Crippen LogP contribution in [0.3, 0.4) is 0 Å². The van der Waals surface area contributed by atoms with Gasteiger partial charge >= 0.3 is 35.6 Å². The SMILES string of the molecule is C(=Nc1ccccc1)c1ccccc1[N-]c1ccccc1[N-]c1ccccc1.[Cl][Ti][Cl]. The van der Waals surface area contributed by atoms with Crippen LogP contribution >= 0.6 is 18.6 Å². The van der Waals surface area contributed by atoms with E-state index in [1.807, 2.05) is 115 Å². The summed E-state index contributed by atoms with van der Waals surface area (Å²) in [5.74, 6) is 0. The zero-order chi connectivity index (χ0) is 21.7.